The van der Waals surface area contributed by atoms with E-state index in [1.165, 1.54) is 22.9 Å². The van der Waals surface area contributed by atoms with Crippen LogP contribution in [-0.4, -0.2) is 21.1 Å². The molecule has 1 aromatic carbocycles. The lowest BCUT2D eigenvalue weighted by molar-refractivity contribution is 0.269. The topological polar surface area (TPSA) is 68.3 Å². The Balaban J connectivity index is 1.67. The highest BCUT2D eigenvalue weighted by molar-refractivity contribution is 7.71. The fraction of sp³-hybridized carbons (Fsp3) is 0.188. The second-order valence-electron chi connectivity index (χ2n) is 5.02. The number of H-pyrrole nitrogens is 1. The molecule has 0 bridgehead atoms. The third-order valence-electron chi connectivity index (χ3n) is 3.28. The van der Waals surface area contributed by atoms with Gasteiger partial charge in [0.15, 0.2) is 5.82 Å². The van der Waals surface area contributed by atoms with E-state index >= 15 is 0 Å². The second-order valence-corrected chi connectivity index (χ2v) is 5.82. The van der Waals surface area contributed by atoms with Crippen molar-refractivity contribution in [1.29, 1.82) is 0 Å². The summed E-state index contributed by atoms with van der Waals surface area (Å²) in [6.45, 7) is 2.12. The fourth-order valence-electron chi connectivity index (χ4n) is 2.07. The third-order valence-corrected chi connectivity index (χ3v) is 3.84. The van der Waals surface area contributed by atoms with E-state index in [-0.39, 0.29) is 11.6 Å². The monoisotopic (exact) mass is 380 g/mol. The van der Waals surface area contributed by atoms with Gasteiger partial charge in [0.2, 0.25) is 4.77 Å². The standard InChI is InChI=1S/C16H14ClFN4O2S/c1-2-15-20-21-16(25)22(15)19-8-11-4-5-12(24-11)9-23-14-6-3-10(18)7-13(14)17/h3-8H,2,9H2,1H3,(H,21,25)/b19-8-. The number of hydrogen-bond acceptors (Lipinski definition) is 5. The maximum absolute atomic E-state index is 13.0. The molecule has 0 spiro atoms. The molecule has 1 N–H and O–H groups in total. The van der Waals surface area contributed by atoms with Crippen LogP contribution >= 0.6 is 23.8 Å². The van der Waals surface area contributed by atoms with Crippen molar-refractivity contribution in [3.05, 3.63) is 63.3 Å². The number of nitrogens with zero attached hydrogens (tertiary/aromatic N) is 3. The molecular formula is C16H14ClFN4O2S. The van der Waals surface area contributed by atoms with E-state index in [0.29, 0.717) is 28.5 Å². The zero-order chi connectivity index (χ0) is 17.8. The predicted octanol–water partition coefficient (Wildman–Crippen LogP) is 4.35. The molecule has 0 aliphatic heterocycles. The summed E-state index contributed by atoms with van der Waals surface area (Å²) >= 11 is 11.0. The lowest BCUT2D eigenvalue weighted by Gasteiger charge is -2.05. The van der Waals surface area contributed by atoms with Crippen molar-refractivity contribution >= 4 is 30.0 Å². The quantitative estimate of drug-likeness (QED) is 0.510. The molecule has 2 heterocycles. The van der Waals surface area contributed by atoms with Gasteiger partial charge in [0, 0.05) is 6.42 Å². The number of benzene rings is 1. The minimum absolute atomic E-state index is 0.157. The molecule has 2 aromatic heterocycles. The Morgan fingerprint density at radius 1 is 1.44 bits per heavy atom. The molecule has 130 valence electrons. The lowest BCUT2D eigenvalue weighted by atomic mass is 10.3. The molecule has 3 rings (SSSR count). The summed E-state index contributed by atoms with van der Waals surface area (Å²) in [5, 5.41) is 11.2. The smallest absolute Gasteiger partial charge is 0.216 e. The maximum atomic E-state index is 13.0. The summed E-state index contributed by atoms with van der Waals surface area (Å²) < 4.78 is 26.1. The van der Waals surface area contributed by atoms with Crippen molar-refractivity contribution < 1.29 is 13.5 Å². The second kappa shape index (κ2) is 7.62. The Morgan fingerprint density at radius 2 is 2.28 bits per heavy atom. The van der Waals surface area contributed by atoms with Gasteiger partial charge in [0.05, 0.1) is 11.2 Å². The van der Waals surface area contributed by atoms with Crippen molar-refractivity contribution in [3.8, 4) is 5.75 Å². The maximum Gasteiger partial charge on any atom is 0.216 e. The summed E-state index contributed by atoms with van der Waals surface area (Å²) in [6.07, 6.45) is 2.24. The average molecular weight is 381 g/mol. The average Bonchev–Trinajstić information content (AvgIpc) is 3.18. The molecule has 0 atom stereocenters. The van der Waals surface area contributed by atoms with Gasteiger partial charge in [0.25, 0.3) is 0 Å². The van der Waals surface area contributed by atoms with Crippen LogP contribution in [-0.2, 0) is 13.0 Å². The molecule has 0 saturated heterocycles. The Hall–Kier alpha value is -2.45. The highest BCUT2D eigenvalue weighted by Crippen LogP contribution is 2.25. The van der Waals surface area contributed by atoms with Gasteiger partial charge in [-0.05, 0) is 42.5 Å². The molecule has 6 nitrogen and oxygen atoms in total. The normalized spacial score (nSPS) is 11.3. The molecule has 3 aromatic rings. The van der Waals surface area contributed by atoms with Crippen LogP contribution < -0.4 is 4.74 Å². The van der Waals surface area contributed by atoms with E-state index in [0.717, 1.165) is 5.82 Å². The molecule has 0 unspecified atom stereocenters. The number of hydrogen-bond donors (Lipinski definition) is 1. The summed E-state index contributed by atoms with van der Waals surface area (Å²) in [7, 11) is 0. The Labute approximate surface area is 152 Å². The minimum Gasteiger partial charge on any atom is -0.484 e. The lowest BCUT2D eigenvalue weighted by Crippen LogP contribution is -1.97. The van der Waals surface area contributed by atoms with E-state index in [2.05, 4.69) is 15.3 Å². The fourth-order valence-corrected chi connectivity index (χ4v) is 2.49. The van der Waals surface area contributed by atoms with Crippen molar-refractivity contribution in [1.82, 2.24) is 14.9 Å². The van der Waals surface area contributed by atoms with E-state index in [9.17, 15) is 4.39 Å². The molecule has 0 saturated carbocycles. The molecule has 25 heavy (non-hydrogen) atoms. The van der Waals surface area contributed by atoms with Gasteiger partial charge in [-0.1, -0.05) is 18.5 Å². The first-order chi connectivity index (χ1) is 12.1. The third kappa shape index (κ3) is 4.15. The number of aromatic nitrogens is 3. The SMILES string of the molecule is CCc1n[nH]c(=S)n1/N=C\c1ccc(COc2ccc(F)cc2Cl)o1. The molecule has 0 fully saturated rings. The Bertz CT molecular complexity index is 963. The highest BCUT2D eigenvalue weighted by Gasteiger charge is 2.06. The number of rotatable bonds is 6. The number of furan rings is 1. The zero-order valence-corrected chi connectivity index (χ0v) is 14.8. The van der Waals surface area contributed by atoms with Gasteiger partial charge in [-0.15, -0.1) is 0 Å². The van der Waals surface area contributed by atoms with Gasteiger partial charge < -0.3 is 9.15 Å². The first-order valence-electron chi connectivity index (χ1n) is 7.44. The van der Waals surface area contributed by atoms with E-state index in [1.807, 2.05) is 6.92 Å². The Kier molecular flexibility index (Phi) is 5.30. The highest BCUT2D eigenvalue weighted by atomic mass is 35.5. The van der Waals surface area contributed by atoms with Crippen LogP contribution in [0.3, 0.4) is 0 Å². The molecule has 0 amide bonds. The van der Waals surface area contributed by atoms with E-state index in [4.69, 9.17) is 33.0 Å². The molecule has 9 heteroatoms. The van der Waals surface area contributed by atoms with Crippen molar-refractivity contribution in [2.75, 3.05) is 0 Å². The summed E-state index contributed by atoms with van der Waals surface area (Å²) in [6, 6.07) is 7.45. The van der Waals surface area contributed by atoms with E-state index < -0.39 is 5.82 Å². The van der Waals surface area contributed by atoms with Crippen LogP contribution in [0.2, 0.25) is 5.02 Å². The molecule has 0 aliphatic rings. The summed E-state index contributed by atoms with van der Waals surface area (Å²) in [5.74, 6) is 1.80. The van der Waals surface area contributed by atoms with Gasteiger partial charge in [-0.3, -0.25) is 5.10 Å². The number of nitrogens with one attached hydrogen (secondary N) is 1. The van der Waals surface area contributed by atoms with Gasteiger partial charge in [0.1, 0.15) is 29.7 Å². The number of halogens is 2. The molecular weight excluding hydrogens is 367 g/mol. The minimum atomic E-state index is -0.418. The molecule has 0 radical (unpaired) electrons. The zero-order valence-electron chi connectivity index (χ0n) is 13.2. The predicted molar refractivity (Wildman–Crippen MR) is 94.2 cm³/mol. The van der Waals surface area contributed by atoms with Crippen molar-refractivity contribution in [2.45, 2.75) is 20.0 Å². The van der Waals surface area contributed by atoms with Crippen LogP contribution in [0.5, 0.6) is 5.75 Å². The van der Waals surface area contributed by atoms with Crippen LogP contribution in [0.1, 0.15) is 24.3 Å². The largest absolute Gasteiger partial charge is 0.484 e. The van der Waals surface area contributed by atoms with Gasteiger partial charge in [-0.25, -0.2) is 4.39 Å². The molecule has 0 aliphatic carbocycles. The van der Waals surface area contributed by atoms with Crippen molar-refractivity contribution in [2.24, 2.45) is 5.10 Å². The first-order valence-corrected chi connectivity index (χ1v) is 8.22. The number of aromatic amines is 1. The Morgan fingerprint density at radius 3 is 3.04 bits per heavy atom. The van der Waals surface area contributed by atoms with Crippen LogP contribution in [0.25, 0.3) is 0 Å². The van der Waals surface area contributed by atoms with E-state index in [1.54, 1.807) is 18.3 Å². The first kappa shape index (κ1) is 17.4. The van der Waals surface area contributed by atoms with Crippen molar-refractivity contribution in [3.63, 3.8) is 0 Å². The van der Waals surface area contributed by atoms with Crippen LogP contribution in [0.4, 0.5) is 4.39 Å². The summed E-state index contributed by atoms with van der Waals surface area (Å²) in [4.78, 5) is 0. The van der Waals surface area contributed by atoms with Gasteiger partial charge in [-0.2, -0.15) is 14.9 Å². The van der Waals surface area contributed by atoms with Crippen LogP contribution in [0, 0.1) is 10.6 Å². The number of ether oxygens (including phenoxy) is 1. The number of aryl methyl sites for hydroxylation is 1. The summed E-state index contributed by atoms with van der Waals surface area (Å²) in [5.41, 5.74) is 0. The van der Waals surface area contributed by atoms with Gasteiger partial charge >= 0.3 is 0 Å². The van der Waals surface area contributed by atoms with Crippen LogP contribution in [0.15, 0.2) is 39.9 Å².